The highest BCUT2D eigenvalue weighted by Gasteiger charge is 2.19. The maximum absolute atomic E-state index is 13.6. The number of hydrogen-bond acceptors (Lipinski definition) is 2. The van der Waals surface area contributed by atoms with Gasteiger partial charge in [-0.1, -0.05) is 31.0 Å². The van der Waals surface area contributed by atoms with Crippen LogP contribution in [-0.2, 0) is 16.0 Å². The van der Waals surface area contributed by atoms with E-state index < -0.39 is 11.9 Å². The maximum atomic E-state index is 13.6. The van der Waals surface area contributed by atoms with Crippen LogP contribution in [0.5, 0.6) is 0 Å². The summed E-state index contributed by atoms with van der Waals surface area (Å²) < 4.78 is 19.0. The molecule has 0 aliphatic heterocycles. The first-order chi connectivity index (χ1) is 8.58. The number of ketones is 1. The summed E-state index contributed by atoms with van der Waals surface area (Å²) in [6.45, 7) is 4.32. The van der Waals surface area contributed by atoms with E-state index in [1.54, 1.807) is 12.1 Å². The topological polar surface area (TPSA) is 26.3 Å². The van der Waals surface area contributed by atoms with E-state index in [-0.39, 0.29) is 12.2 Å². The second-order valence-electron chi connectivity index (χ2n) is 4.11. The molecule has 0 radical (unpaired) electrons. The molecule has 0 spiro atoms. The van der Waals surface area contributed by atoms with Crippen molar-refractivity contribution < 1.29 is 13.9 Å². The quantitative estimate of drug-likeness (QED) is 0.755. The van der Waals surface area contributed by atoms with Crippen molar-refractivity contribution in [3.05, 3.63) is 34.6 Å². The summed E-state index contributed by atoms with van der Waals surface area (Å²) in [7, 11) is 0. The van der Waals surface area contributed by atoms with E-state index >= 15 is 0 Å². The summed E-state index contributed by atoms with van der Waals surface area (Å²) in [5.74, 6) is -0.525. The van der Waals surface area contributed by atoms with Crippen LogP contribution in [0.4, 0.5) is 4.39 Å². The van der Waals surface area contributed by atoms with Gasteiger partial charge in [-0.25, -0.2) is 4.39 Å². The molecular weight excluding hydrogens is 255 g/mol. The predicted octanol–water partition coefficient (Wildman–Crippen LogP) is 3.80. The number of carbonyl (C=O) groups excluding carboxylic acids is 1. The molecule has 1 aromatic carbocycles. The van der Waals surface area contributed by atoms with E-state index in [0.717, 1.165) is 6.42 Å². The van der Waals surface area contributed by atoms with Gasteiger partial charge < -0.3 is 4.74 Å². The third-order valence-electron chi connectivity index (χ3n) is 2.66. The Morgan fingerprint density at radius 1 is 1.44 bits per heavy atom. The van der Waals surface area contributed by atoms with Crippen LogP contribution in [-0.4, -0.2) is 18.5 Å². The smallest absolute Gasteiger partial charge is 0.166 e. The van der Waals surface area contributed by atoms with E-state index in [1.807, 2.05) is 13.8 Å². The molecule has 0 aliphatic rings. The van der Waals surface area contributed by atoms with Crippen molar-refractivity contribution in [2.24, 2.45) is 0 Å². The average molecular weight is 273 g/mol. The zero-order valence-electron chi connectivity index (χ0n) is 10.7. The van der Waals surface area contributed by atoms with E-state index in [2.05, 4.69) is 0 Å². The Bertz CT molecular complexity index is 401. The molecule has 0 bridgehead atoms. The van der Waals surface area contributed by atoms with Gasteiger partial charge in [-0.3, -0.25) is 4.79 Å². The summed E-state index contributed by atoms with van der Waals surface area (Å²) >= 11 is 5.67. The molecule has 1 rings (SSSR count). The SMILES string of the molecule is CCCC(OCC)C(=O)Cc1ccc(Cl)cc1F. The highest BCUT2D eigenvalue weighted by Crippen LogP contribution is 2.17. The van der Waals surface area contributed by atoms with Gasteiger partial charge in [0, 0.05) is 18.1 Å². The molecule has 1 aromatic rings. The number of halogens is 2. The number of hydrogen-bond donors (Lipinski definition) is 0. The van der Waals surface area contributed by atoms with E-state index in [1.165, 1.54) is 6.07 Å². The van der Waals surface area contributed by atoms with Crippen molar-refractivity contribution in [2.75, 3.05) is 6.61 Å². The first-order valence-corrected chi connectivity index (χ1v) is 6.54. The molecule has 0 N–H and O–H groups in total. The molecule has 0 aromatic heterocycles. The van der Waals surface area contributed by atoms with Crippen molar-refractivity contribution in [3.63, 3.8) is 0 Å². The second kappa shape index (κ2) is 7.49. The van der Waals surface area contributed by atoms with Crippen LogP contribution in [0, 0.1) is 5.82 Å². The molecule has 0 amide bonds. The van der Waals surface area contributed by atoms with Crippen LogP contribution in [0.3, 0.4) is 0 Å². The fourth-order valence-electron chi connectivity index (χ4n) is 1.77. The van der Waals surface area contributed by atoms with Crippen LogP contribution in [0.1, 0.15) is 32.3 Å². The van der Waals surface area contributed by atoms with E-state index in [9.17, 15) is 9.18 Å². The largest absolute Gasteiger partial charge is 0.371 e. The Hall–Kier alpha value is -0.930. The molecule has 2 nitrogen and oxygen atoms in total. The fraction of sp³-hybridized carbons (Fsp3) is 0.500. The van der Waals surface area contributed by atoms with Crippen LogP contribution in [0.25, 0.3) is 0 Å². The van der Waals surface area contributed by atoms with Crippen molar-refractivity contribution in [2.45, 2.75) is 39.2 Å². The van der Waals surface area contributed by atoms with E-state index in [0.29, 0.717) is 23.6 Å². The molecule has 4 heteroatoms. The van der Waals surface area contributed by atoms with Crippen molar-refractivity contribution in [1.29, 1.82) is 0 Å². The Morgan fingerprint density at radius 3 is 2.72 bits per heavy atom. The summed E-state index contributed by atoms with van der Waals surface area (Å²) in [4.78, 5) is 12.0. The Balaban J connectivity index is 2.72. The van der Waals surface area contributed by atoms with Gasteiger partial charge in [0.05, 0.1) is 0 Å². The lowest BCUT2D eigenvalue weighted by atomic mass is 10.0. The number of benzene rings is 1. The minimum Gasteiger partial charge on any atom is -0.371 e. The minimum absolute atomic E-state index is 0.0493. The maximum Gasteiger partial charge on any atom is 0.166 e. The van der Waals surface area contributed by atoms with Gasteiger partial charge in [0.1, 0.15) is 11.9 Å². The van der Waals surface area contributed by atoms with Gasteiger partial charge in [-0.05, 0) is 31.0 Å². The van der Waals surface area contributed by atoms with Gasteiger partial charge in [-0.2, -0.15) is 0 Å². The number of carbonyl (C=O) groups is 1. The molecule has 1 atom stereocenters. The number of ether oxygens (including phenoxy) is 1. The molecular formula is C14H18ClFO2. The zero-order valence-corrected chi connectivity index (χ0v) is 11.5. The standard InChI is InChI=1S/C14H18ClFO2/c1-3-5-14(18-4-2)13(17)8-10-6-7-11(15)9-12(10)16/h6-7,9,14H,3-5,8H2,1-2H3. The predicted molar refractivity (Wildman–Crippen MR) is 70.4 cm³/mol. The van der Waals surface area contributed by atoms with Crippen molar-refractivity contribution in [3.8, 4) is 0 Å². The number of Topliss-reactive ketones (excluding diaryl/α,β-unsaturated/α-hetero) is 1. The van der Waals surface area contributed by atoms with Crippen LogP contribution < -0.4 is 0 Å². The Morgan fingerprint density at radius 2 is 2.17 bits per heavy atom. The molecule has 0 saturated carbocycles. The molecule has 0 heterocycles. The summed E-state index contributed by atoms with van der Waals surface area (Å²) in [6.07, 6.45) is 1.14. The normalized spacial score (nSPS) is 12.4. The third kappa shape index (κ3) is 4.39. The first kappa shape index (κ1) is 15.1. The summed E-state index contributed by atoms with van der Waals surface area (Å²) in [5, 5.41) is 0.332. The highest BCUT2D eigenvalue weighted by atomic mass is 35.5. The Labute approximate surface area is 112 Å². The van der Waals surface area contributed by atoms with Crippen LogP contribution in [0.2, 0.25) is 5.02 Å². The fourth-order valence-corrected chi connectivity index (χ4v) is 1.93. The highest BCUT2D eigenvalue weighted by molar-refractivity contribution is 6.30. The summed E-state index contributed by atoms with van der Waals surface area (Å²) in [5.41, 5.74) is 0.366. The average Bonchev–Trinajstić information content (AvgIpc) is 2.32. The van der Waals surface area contributed by atoms with Crippen LogP contribution >= 0.6 is 11.6 Å². The molecule has 100 valence electrons. The van der Waals surface area contributed by atoms with Gasteiger partial charge in [0.15, 0.2) is 5.78 Å². The number of rotatable bonds is 7. The first-order valence-electron chi connectivity index (χ1n) is 6.16. The minimum atomic E-state index is -0.442. The second-order valence-corrected chi connectivity index (χ2v) is 4.55. The monoisotopic (exact) mass is 272 g/mol. The van der Waals surface area contributed by atoms with Gasteiger partial charge in [-0.15, -0.1) is 0 Å². The van der Waals surface area contributed by atoms with Gasteiger partial charge in [0.2, 0.25) is 0 Å². The van der Waals surface area contributed by atoms with Gasteiger partial charge in [0.25, 0.3) is 0 Å². The zero-order chi connectivity index (χ0) is 13.5. The molecule has 18 heavy (non-hydrogen) atoms. The lowest BCUT2D eigenvalue weighted by molar-refractivity contribution is -0.130. The molecule has 0 fully saturated rings. The Kier molecular flexibility index (Phi) is 6.30. The third-order valence-corrected chi connectivity index (χ3v) is 2.89. The van der Waals surface area contributed by atoms with Crippen molar-refractivity contribution in [1.82, 2.24) is 0 Å². The molecule has 0 aliphatic carbocycles. The molecule has 1 unspecified atom stereocenters. The van der Waals surface area contributed by atoms with Gasteiger partial charge >= 0.3 is 0 Å². The van der Waals surface area contributed by atoms with E-state index in [4.69, 9.17) is 16.3 Å². The lowest BCUT2D eigenvalue weighted by Gasteiger charge is -2.15. The van der Waals surface area contributed by atoms with Crippen molar-refractivity contribution >= 4 is 17.4 Å². The molecule has 0 saturated heterocycles. The van der Waals surface area contributed by atoms with Crippen LogP contribution in [0.15, 0.2) is 18.2 Å². The summed E-state index contributed by atoms with van der Waals surface area (Å²) in [6, 6.07) is 4.35. The lowest BCUT2D eigenvalue weighted by Crippen LogP contribution is -2.26.